The number of nitrogens with one attached hydrogen (secondary N) is 2. The predicted molar refractivity (Wildman–Crippen MR) is 119 cm³/mol. The van der Waals surface area contributed by atoms with E-state index in [2.05, 4.69) is 35.8 Å². The third kappa shape index (κ3) is 6.35. The first-order valence-corrected chi connectivity index (χ1v) is 12.0. The van der Waals surface area contributed by atoms with Crippen molar-refractivity contribution >= 4 is 15.9 Å². The minimum absolute atomic E-state index is 0.0684. The van der Waals surface area contributed by atoms with E-state index in [4.69, 9.17) is 4.74 Å². The van der Waals surface area contributed by atoms with Crippen molar-refractivity contribution in [1.82, 2.24) is 15.0 Å². The van der Waals surface area contributed by atoms with E-state index in [1.807, 2.05) is 12.1 Å². The van der Waals surface area contributed by atoms with Crippen molar-refractivity contribution < 1.29 is 17.9 Å². The summed E-state index contributed by atoms with van der Waals surface area (Å²) in [5.74, 6) is -0.168. The predicted octanol–water partition coefficient (Wildman–Crippen LogP) is 2.94. The van der Waals surface area contributed by atoms with Crippen molar-refractivity contribution in [3.05, 3.63) is 59.9 Å². The number of carbonyl (C=O) groups is 1. The number of ether oxygens (including phenoxy) is 1. The van der Waals surface area contributed by atoms with Gasteiger partial charge in [0.1, 0.15) is 0 Å². The summed E-state index contributed by atoms with van der Waals surface area (Å²) in [7, 11) is -3.79. The van der Waals surface area contributed by atoms with Gasteiger partial charge < -0.3 is 10.1 Å². The number of rotatable bonds is 7. The molecular weight excluding hydrogens is 414 g/mol. The molecule has 1 fully saturated rings. The molecular formula is C23H31N3O4S. The number of hydrogen-bond donors (Lipinski definition) is 2. The zero-order valence-electron chi connectivity index (χ0n) is 18.3. The van der Waals surface area contributed by atoms with Crippen LogP contribution in [0, 0.1) is 5.92 Å². The van der Waals surface area contributed by atoms with Gasteiger partial charge in [0.15, 0.2) is 0 Å². The Morgan fingerprint density at radius 1 is 1.16 bits per heavy atom. The Labute approximate surface area is 184 Å². The van der Waals surface area contributed by atoms with Crippen LogP contribution in [0.3, 0.4) is 0 Å². The van der Waals surface area contributed by atoms with E-state index in [9.17, 15) is 13.2 Å². The van der Waals surface area contributed by atoms with Gasteiger partial charge in [-0.3, -0.25) is 9.78 Å². The summed E-state index contributed by atoms with van der Waals surface area (Å²) in [6.45, 7) is 7.16. The highest BCUT2D eigenvalue weighted by atomic mass is 32.2. The summed E-state index contributed by atoms with van der Waals surface area (Å²) in [6.07, 6.45) is 5.07. The molecule has 0 aliphatic carbocycles. The first-order valence-electron chi connectivity index (χ1n) is 10.5. The number of aromatic nitrogens is 1. The molecule has 1 amide bonds. The Kier molecular flexibility index (Phi) is 7.46. The molecule has 2 N–H and O–H groups in total. The lowest BCUT2D eigenvalue weighted by molar-refractivity contribution is -0.121. The standard InChI is InChI=1S/C23H31N3O4S/c1-23(2,3)19-6-8-20(9-7-19)31(28,29)25-16-21(27)26-22(17-10-13-30-14-11-17)18-5-4-12-24-15-18/h4-9,12,15,17,22,25H,10-11,13-14,16H2,1-3H3,(H,26,27). The van der Waals surface area contributed by atoms with E-state index in [0.29, 0.717) is 13.2 Å². The highest BCUT2D eigenvalue weighted by Gasteiger charge is 2.27. The second kappa shape index (κ2) is 9.89. The molecule has 1 aromatic carbocycles. The molecule has 0 radical (unpaired) electrons. The van der Waals surface area contributed by atoms with Gasteiger partial charge in [-0.2, -0.15) is 0 Å². The third-order valence-electron chi connectivity index (χ3n) is 5.55. The number of pyridine rings is 1. The Balaban J connectivity index is 1.65. The number of amides is 1. The number of nitrogens with zero attached hydrogens (tertiary/aromatic N) is 1. The smallest absolute Gasteiger partial charge is 0.241 e. The molecule has 1 aliphatic rings. The maximum atomic E-state index is 12.6. The fourth-order valence-corrected chi connectivity index (χ4v) is 4.67. The SMILES string of the molecule is CC(C)(C)c1ccc(S(=O)(=O)NCC(=O)NC(c2cccnc2)C2CCOCC2)cc1. The number of hydrogen-bond acceptors (Lipinski definition) is 5. The molecule has 1 atom stereocenters. The van der Waals surface area contributed by atoms with Gasteiger partial charge in [0, 0.05) is 25.6 Å². The van der Waals surface area contributed by atoms with Gasteiger partial charge in [0.2, 0.25) is 15.9 Å². The Morgan fingerprint density at radius 3 is 2.42 bits per heavy atom. The molecule has 1 saturated heterocycles. The maximum Gasteiger partial charge on any atom is 0.241 e. The molecule has 1 aliphatic heterocycles. The molecule has 1 unspecified atom stereocenters. The molecule has 1 aromatic heterocycles. The summed E-state index contributed by atoms with van der Waals surface area (Å²) in [6, 6.07) is 10.3. The molecule has 8 heteroatoms. The largest absolute Gasteiger partial charge is 0.381 e. The Hall–Kier alpha value is -2.29. The average Bonchev–Trinajstić information content (AvgIpc) is 2.77. The molecule has 7 nitrogen and oxygen atoms in total. The molecule has 0 spiro atoms. The zero-order chi connectivity index (χ0) is 22.5. The molecule has 0 bridgehead atoms. The normalized spacial score (nSPS) is 16.6. The minimum atomic E-state index is -3.79. The lowest BCUT2D eigenvalue weighted by Gasteiger charge is -2.31. The first-order chi connectivity index (χ1) is 14.7. The van der Waals surface area contributed by atoms with Gasteiger partial charge in [0.05, 0.1) is 17.5 Å². The molecule has 3 rings (SSSR count). The van der Waals surface area contributed by atoms with E-state index < -0.39 is 10.0 Å². The summed E-state index contributed by atoms with van der Waals surface area (Å²) in [4.78, 5) is 16.9. The van der Waals surface area contributed by atoms with Crippen LogP contribution in [0.25, 0.3) is 0 Å². The summed E-state index contributed by atoms with van der Waals surface area (Å²) >= 11 is 0. The third-order valence-corrected chi connectivity index (χ3v) is 6.97. The monoisotopic (exact) mass is 445 g/mol. The number of benzene rings is 1. The second-order valence-electron chi connectivity index (χ2n) is 8.88. The van der Waals surface area contributed by atoms with Gasteiger partial charge in [-0.25, -0.2) is 13.1 Å². The number of carbonyl (C=O) groups excluding carboxylic acids is 1. The first kappa shape index (κ1) is 23.4. The van der Waals surface area contributed by atoms with Crippen LogP contribution in [0.15, 0.2) is 53.7 Å². The van der Waals surface area contributed by atoms with Gasteiger partial charge in [0.25, 0.3) is 0 Å². The summed E-state index contributed by atoms with van der Waals surface area (Å²) in [5.41, 5.74) is 1.88. The van der Waals surface area contributed by atoms with Gasteiger partial charge in [-0.15, -0.1) is 0 Å². The Morgan fingerprint density at radius 2 is 1.84 bits per heavy atom. The van der Waals surface area contributed by atoms with E-state index in [0.717, 1.165) is 24.0 Å². The van der Waals surface area contributed by atoms with Crippen LogP contribution in [0.5, 0.6) is 0 Å². The van der Waals surface area contributed by atoms with Crippen molar-refractivity contribution in [2.75, 3.05) is 19.8 Å². The highest BCUT2D eigenvalue weighted by Crippen LogP contribution is 2.29. The summed E-state index contributed by atoms with van der Waals surface area (Å²) in [5, 5.41) is 2.99. The minimum Gasteiger partial charge on any atom is -0.381 e. The van der Waals surface area contributed by atoms with E-state index in [-0.39, 0.29) is 34.7 Å². The van der Waals surface area contributed by atoms with Crippen LogP contribution in [-0.2, 0) is 25.0 Å². The van der Waals surface area contributed by atoms with Crippen LogP contribution in [0.1, 0.15) is 50.8 Å². The number of sulfonamides is 1. The van der Waals surface area contributed by atoms with Gasteiger partial charge in [-0.05, 0) is 53.5 Å². The van der Waals surface area contributed by atoms with Crippen LogP contribution >= 0.6 is 0 Å². The highest BCUT2D eigenvalue weighted by molar-refractivity contribution is 7.89. The van der Waals surface area contributed by atoms with E-state index >= 15 is 0 Å². The quantitative estimate of drug-likeness (QED) is 0.683. The zero-order valence-corrected chi connectivity index (χ0v) is 19.1. The molecule has 168 valence electrons. The maximum absolute atomic E-state index is 12.6. The van der Waals surface area contributed by atoms with Crippen molar-refractivity contribution in [3.8, 4) is 0 Å². The fourth-order valence-electron chi connectivity index (χ4n) is 3.68. The van der Waals surface area contributed by atoms with Crippen molar-refractivity contribution in [3.63, 3.8) is 0 Å². The molecule has 2 heterocycles. The molecule has 2 aromatic rings. The van der Waals surface area contributed by atoms with Crippen molar-refractivity contribution in [2.24, 2.45) is 5.92 Å². The van der Waals surface area contributed by atoms with Crippen molar-refractivity contribution in [2.45, 2.75) is 50.0 Å². The molecule has 31 heavy (non-hydrogen) atoms. The Bertz CT molecular complexity index is 964. The van der Waals surface area contributed by atoms with Crippen molar-refractivity contribution in [1.29, 1.82) is 0 Å². The van der Waals surface area contributed by atoms with E-state index in [1.54, 1.807) is 36.7 Å². The van der Waals surface area contributed by atoms with Gasteiger partial charge >= 0.3 is 0 Å². The second-order valence-corrected chi connectivity index (χ2v) is 10.6. The lowest BCUT2D eigenvalue weighted by Crippen LogP contribution is -2.41. The average molecular weight is 446 g/mol. The molecule has 0 saturated carbocycles. The summed E-state index contributed by atoms with van der Waals surface area (Å²) < 4.78 is 33.1. The van der Waals surface area contributed by atoms with Gasteiger partial charge in [-0.1, -0.05) is 39.0 Å². The topological polar surface area (TPSA) is 97.4 Å². The fraction of sp³-hybridized carbons (Fsp3) is 0.478. The van der Waals surface area contributed by atoms with E-state index in [1.165, 1.54) is 0 Å². The van der Waals surface area contributed by atoms with Crippen LogP contribution in [-0.4, -0.2) is 39.1 Å². The lowest BCUT2D eigenvalue weighted by atomic mass is 9.87. The van der Waals surface area contributed by atoms with Crippen LogP contribution in [0.2, 0.25) is 0 Å². The van der Waals surface area contributed by atoms with Crippen LogP contribution in [0.4, 0.5) is 0 Å². The van der Waals surface area contributed by atoms with Crippen LogP contribution < -0.4 is 10.0 Å².